The Hall–Kier alpha value is -2.24. The topological polar surface area (TPSA) is 85.9 Å². The molecule has 0 unspecified atom stereocenters. The standard InChI is InChI=1S/C12H17N3O3/c1-3-7-18-11-9(8-14-15-12(13)16)5-4-6-10(11)17-2/h4-6,8H,3,7H2,1-2H3,(H3,13,15,16)/b14-8-. The molecule has 6 heteroatoms. The van der Waals surface area contributed by atoms with Crippen LogP contribution in [0.1, 0.15) is 18.9 Å². The summed E-state index contributed by atoms with van der Waals surface area (Å²) in [7, 11) is 1.57. The Labute approximate surface area is 106 Å². The second-order valence-electron chi connectivity index (χ2n) is 3.46. The number of para-hydroxylation sites is 1. The molecule has 0 heterocycles. The SMILES string of the molecule is CCCOc1c(/C=N\NC(N)=O)cccc1OC. The lowest BCUT2D eigenvalue weighted by molar-refractivity contribution is 0.249. The van der Waals surface area contributed by atoms with Crippen LogP contribution in [-0.4, -0.2) is 26.0 Å². The van der Waals surface area contributed by atoms with Gasteiger partial charge in [-0.1, -0.05) is 13.0 Å². The average Bonchev–Trinajstić information content (AvgIpc) is 2.36. The Morgan fingerprint density at radius 1 is 1.56 bits per heavy atom. The van der Waals surface area contributed by atoms with Gasteiger partial charge in [-0.2, -0.15) is 5.10 Å². The van der Waals surface area contributed by atoms with Crippen molar-refractivity contribution in [2.45, 2.75) is 13.3 Å². The minimum Gasteiger partial charge on any atom is -0.493 e. The highest BCUT2D eigenvalue weighted by Crippen LogP contribution is 2.30. The van der Waals surface area contributed by atoms with E-state index in [1.165, 1.54) is 6.21 Å². The summed E-state index contributed by atoms with van der Waals surface area (Å²) in [5.41, 5.74) is 7.74. The number of hydrogen-bond acceptors (Lipinski definition) is 4. The third-order valence-corrected chi connectivity index (χ3v) is 2.06. The molecule has 0 spiro atoms. The van der Waals surface area contributed by atoms with Gasteiger partial charge in [0.15, 0.2) is 11.5 Å². The van der Waals surface area contributed by atoms with Crippen LogP contribution in [0.4, 0.5) is 4.79 Å². The number of amides is 2. The first-order valence-corrected chi connectivity index (χ1v) is 5.57. The van der Waals surface area contributed by atoms with Gasteiger partial charge >= 0.3 is 6.03 Å². The van der Waals surface area contributed by atoms with E-state index in [2.05, 4.69) is 10.5 Å². The molecule has 6 nitrogen and oxygen atoms in total. The van der Waals surface area contributed by atoms with Gasteiger partial charge in [0.1, 0.15) is 0 Å². The molecule has 1 aromatic carbocycles. The van der Waals surface area contributed by atoms with E-state index in [1.54, 1.807) is 19.2 Å². The van der Waals surface area contributed by atoms with E-state index in [-0.39, 0.29) is 0 Å². The van der Waals surface area contributed by atoms with Crippen molar-refractivity contribution >= 4 is 12.2 Å². The largest absolute Gasteiger partial charge is 0.493 e. The van der Waals surface area contributed by atoms with E-state index < -0.39 is 6.03 Å². The highest BCUT2D eigenvalue weighted by Gasteiger charge is 2.08. The summed E-state index contributed by atoms with van der Waals surface area (Å²) in [6, 6.07) is 4.69. The molecule has 0 bridgehead atoms. The Bertz CT molecular complexity index is 433. The molecule has 0 radical (unpaired) electrons. The Balaban J connectivity index is 2.94. The summed E-state index contributed by atoms with van der Waals surface area (Å²) in [5, 5.41) is 3.70. The summed E-state index contributed by atoms with van der Waals surface area (Å²) >= 11 is 0. The third-order valence-electron chi connectivity index (χ3n) is 2.06. The zero-order valence-corrected chi connectivity index (χ0v) is 10.5. The molecular weight excluding hydrogens is 234 g/mol. The van der Waals surface area contributed by atoms with Crippen molar-refractivity contribution in [2.75, 3.05) is 13.7 Å². The number of benzene rings is 1. The van der Waals surface area contributed by atoms with E-state index in [0.717, 1.165) is 6.42 Å². The fourth-order valence-corrected chi connectivity index (χ4v) is 1.32. The van der Waals surface area contributed by atoms with Crippen LogP contribution in [0.25, 0.3) is 0 Å². The number of ether oxygens (including phenoxy) is 2. The quantitative estimate of drug-likeness (QED) is 0.593. The van der Waals surface area contributed by atoms with Crippen LogP contribution in [0.2, 0.25) is 0 Å². The van der Waals surface area contributed by atoms with E-state index in [1.807, 2.05) is 13.0 Å². The maximum Gasteiger partial charge on any atom is 0.332 e. The van der Waals surface area contributed by atoms with Crippen LogP contribution in [0.15, 0.2) is 23.3 Å². The average molecular weight is 251 g/mol. The van der Waals surface area contributed by atoms with Gasteiger partial charge in [-0.25, -0.2) is 10.2 Å². The molecule has 0 saturated carbocycles. The molecule has 1 aromatic rings. The molecule has 98 valence electrons. The number of carbonyl (C=O) groups excluding carboxylic acids is 1. The van der Waals surface area contributed by atoms with Gasteiger partial charge in [0.2, 0.25) is 0 Å². The number of hydrazone groups is 1. The van der Waals surface area contributed by atoms with E-state index >= 15 is 0 Å². The molecule has 0 aliphatic rings. The summed E-state index contributed by atoms with van der Waals surface area (Å²) in [6.07, 6.45) is 2.34. The van der Waals surface area contributed by atoms with Crippen LogP contribution in [0, 0.1) is 0 Å². The normalized spacial score (nSPS) is 10.3. The summed E-state index contributed by atoms with van der Waals surface area (Å²) in [6.45, 7) is 2.59. The van der Waals surface area contributed by atoms with Crippen molar-refractivity contribution in [2.24, 2.45) is 10.8 Å². The zero-order valence-electron chi connectivity index (χ0n) is 10.5. The minimum atomic E-state index is -0.717. The Morgan fingerprint density at radius 3 is 2.94 bits per heavy atom. The van der Waals surface area contributed by atoms with Gasteiger partial charge in [-0.3, -0.25) is 0 Å². The van der Waals surface area contributed by atoms with Gasteiger partial charge < -0.3 is 15.2 Å². The number of nitrogens with two attached hydrogens (primary N) is 1. The molecule has 2 amide bonds. The van der Waals surface area contributed by atoms with Crippen molar-refractivity contribution in [1.82, 2.24) is 5.43 Å². The lowest BCUT2D eigenvalue weighted by Crippen LogP contribution is -2.24. The van der Waals surface area contributed by atoms with Crippen LogP contribution in [0.5, 0.6) is 11.5 Å². The highest BCUT2D eigenvalue weighted by atomic mass is 16.5. The fraction of sp³-hybridized carbons (Fsp3) is 0.333. The molecular formula is C12H17N3O3. The highest BCUT2D eigenvalue weighted by molar-refractivity contribution is 5.86. The number of primary amides is 1. The van der Waals surface area contributed by atoms with Gasteiger partial charge in [-0.15, -0.1) is 0 Å². The number of nitrogens with one attached hydrogen (secondary N) is 1. The second kappa shape index (κ2) is 7.16. The first kappa shape index (κ1) is 13.8. The third kappa shape index (κ3) is 3.97. The van der Waals surface area contributed by atoms with Crippen molar-refractivity contribution < 1.29 is 14.3 Å². The first-order chi connectivity index (χ1) is 8.69. The molecule has 3 N–H and O–H groups in total. The van der Waals surface area contributed by atoms with Gasteiger partial charge in [0, 0.05) is 5.56 Å². The number of hydrogen-bond donors (Lipinski definition) is 2. The lowest BCUT2D eigenvalue weighted by atomic mass is 10.2. The number of methoxy groups -OCH3 is 1. The molecule has 0 atom stereocenters. The maximum atomic E-state index is 10.5. The Morgan fingerprint density at radius 2 is 2.33 bits per heavy atom. The second-order valence-corrected chi connectivity index (χ2v) is 3.46. The van der Waals surface area contributed by atoms with Crippen molar-refractivity contribution in [3.05, 3.63) is 23.8 Å². The van der Waals surface area contributed by atoms with E-state index in [4.69, 9.17) is 15.2 Å². The first-order valence-electron chi connectivity index (χ1n) is 5.57. The molecule has 0 saturated heterocycles. The molecule has 18 heavy (non-hydrogen) atoms. The summed E-state index contributed by atoms with van der Waals surface area (Å²) < 4.78 is 10.8. The van der Waals surface area contributed by atoms with Gasteiger partial charge in [0.05, 0.1) is 19.9 Å². The number of nitrogens with zero attached hydrogens (tertiary/aromatic N) is 1. The summed E-state index contributed by atoms with van der Waals surface area (Å²) in [5.74, 6) is 1.21. The van der Waals surface area contributed by atoms with Crippen LogP contribution in [-0.2, 0) is 0 Å². The summed E-state index contributed by atoms with van der Waals surface area (Å²) in [4.78, 5) is 10.5. The predicted octanol–water partition coefficient (Wildman–Crippen LogP) is 1.49. The smallest absolute Gasteiger partial charge is 0.332 e. The van der Waals surface area contributed by atoms with Crippen LogP contribution < -0.4 is 20.6 Å². The molecule has 0 aliphatic carbocycles. The van der Waals surface area contributed by atoms with Gasteiger partial charge in [-0.05, 0) is 18.6 Å². The molecule has 0 aliphatic heterocycles. The molecule has 1 rings (SSSR count). The number of rotatable bonds is 6. The van der Waals surface area contributed by atoms with E-state index in [0.29, 0.717) is 23.7 Å². The van der Waals surface area contributed by atoms with Crippen molar-refractivity contribution in [1.29, 1.82) is 0 Å². The Kier molecular flexibility index (Phi) is 5.50. The molecule has 0 fully saturated rings. The minimum absolute atomic E-state index is 0.574. The van der Waals surface area contributed by atoms with Crippen LogP contribution in [0.3, 0.4) is 0 Å². The maximum absolute atomic E-state index is 10.5. The number of carbonyl (C=O) groups is 1. The van der Waals surface area contributed by atoms with E-state index in [9.17, 15) is 4.79 Å². The zero-order chi connectivity index (χ0) is 13.4. The van der Waals surface area contributed by atoms with Crippen molar-refractivity contribution in [3.8, 4) is 11.5 Å². The fourth-order valence-electron chi connectivity index (χ4n) is 1.32. The van der Waals surface area contributed by atoms with Gasteiger partial charge in [0.25, 0.3) is 0 Å². The van der Waals surface area contributed by atoms with Crippen molar-refractivity contribution in [3.63, 3.8) is 0 Å². The van der Waals surface area contributed by atoms with Crippen LogP contribution >= 0.6 is 0 Å². The lowest BCUT2D eigenvalue weighted by Gasteiger charge is -2.12. The molecule has 0 aromatic heterocycles. The monoisotopic (exact) mass is 251 g/mol. The number of urea groups is 1. The predicted molar refractivity (Wildman–Crippen MR) is 69.1 cm³/mol.